The Balaban J connectivity index is 2.41. The van der Waals surface area contributed by atoms with Gasteiger partial charge >= 0.3 is 6.18 Å². The minimum absolute atomic E-state index is 0.233. The zero-order valence-electron chi connectivity index (χ0n) is 11.8. The highest BCUT2D eigenvalue weighted by Gasteiger charge is 2.34. The van der Waals surface area contributed by atoms with E-state index in [1.807, 2.05) is 31.2 Å². The van der Waals surface area contributed by atoms with Gasteiger partial charge in [-0.15, -0.1) is 0 Å². The van der Waals surface area contributed by atoms with Crippen molar-refractivity contribution in [3.05, 3.63) is 59.2 Å². The van der Waals surface area contributed by atoms with E-state index in [1.165, 1.54) is 6.07 Å². The smallest absolute Gasteiger partial charge is 0.316 e. The van der Waals surface area contributed by atoms with Crippen LogP contribution in [0.5, 0.6) is 0 Å². The predicted molar refractivity (Wildman–Crippen MR) is 79.5 cm³/mol. The van der Waals surface area contributed by atoms with Crippen LogP contribution in [0.1, 0.15) is 16.7 Å². The molecule has 1 nitrogen and oxygen atoms in total. The standard InChI is InChI=1S/C16H16F3NS/c1-11-5-3-4-6-14(11)21-15-8-7-12(10-20-2)9-13(15)16(17,18)19/h3-9,20H,10H2,1-2H3. The highest BCUT2D eigenvalue weighted by molar-refractivity contribution is 7.99. The monoisotopic (exact) mass is 311 g/mol. The fourth-order valence-corrected chi connectivity index (χ4v) is 3.02. The van der Waals surface area contributed by atoms with Gasteiger partial charge in [0.15, 0.2) is 0 Å². The molecule has 0 unspecified atom stereocenters. The van der Waals surface area contributed by atoms with Gasteiger partial charge in [-0.2, -0.15) is 13.2 Å². The van der Waals surface area contributed by atoms with Gasteiger partial charge in [0.1, 0.15) is 0 Å². The first-order valence-electron chi connectivity index (χ1n) is 6.50. The van der Waals surface area contributed by atoms with Gasteiger partial charge in [-0.05, 0) is 43.3 Å². The Morgan fingerprint density at radius 1 is 1.05 bits per heavy atom. The van der Waals surface area contributed by atoms with E-state index in [0.29, 0.717) is 12.1 Å². The summed E-state index contributed by atoms with van der Waals surface area (Å²) in [6.07, 6.45) is -4.35. The second kappa shape index (κ2) is 6.54. The molecule has 1 N–H and O–H groups in total. The van der Waals surface area contributed by atoms with Crippen LogP contribution < -0.4 is 5.32 Å². The van der Waals surface area contributed by atoms with Crippen molar-refractivity contribution in [3.8, 4) is 0 Å². The Labute approximate surface area is 126 Å². The lowest BCUT2D eigenvalue weighted by atomic mass is 10.1. The molecule has 0 atom stereocenters. The summed E-state index contributed by atoms with van der Waals surface area (Å²) < 4.78 is 39.7. The maximum absolute atomic E-state index is 13.2. The fourth-order valence-electron chi connectivity index (χ4n) is 1.99. The largest absolute Gasteiger partial charge is 0.417 e. The Hall–Kier alpha value is -1.46. The number of nitrogens with one attached hydrogen (secondary N) is 1. The number of benzene rings is 2. The Morgan fingerprint density at radius 2 is 1.76 bits per heavy atom. The first kappa shape index (κ1) is 15.9. The third-order valence-electron chi connectivity index (χ3n) is 3.04. The lowest BCUT2D eigenvalue weighted by Crippen LogP contribution is -2.10. The van der Waals surface area contributed by atoms with Crippen LogP contribution >= 0.6 is 11.8 Å². The molecule has 21 heavy (non-hydrogen) atoms. The van der Waals surface area contributed by atoms with Crippen LogP contribution in [0, 0.1) is 6.92 Å². The fraction of sp³-hybridized carbons (Fsp3) is 0.250. The van der Waals surface area contributed by atoms with Gasteiger partial charge in [-0.3, -0.25) is 0 Å². The van der Waals surface area contributed by atoms with Gasteiger partial charge in [0.05, 0.1) is 5.56 Å². The molecule has 0 heterocycles. The molecule has 0 fully saturated rings. The number of aryl methyl sites for hydroxylation is 1. The lowest BCUT2D eigenvalue weighted by Gasteiger charge is -2.15. The third-order valence-corrected chi connectivity index (χ3v) is 4.30. The van der Waals surface area contributed by atoms with Gasteiger partial charge < -0.3 is 5.32 Å². The van der Waals surface area contributed by atoms with Crippen molar-refractivity contribution in [1.82, 2.24) is 5.32 Å². The molecule has 0 saturated heterocycles. The number of hydrogen-bond acceptors (Lipinski definition) is 2. The summed E-state index contributed by atoms with van der Waals surface area (Å²) >= 11 is 1.15. The Kier molecular flexibility index (Phi) is 4.96. The van der Waals surface area contributed by atoms with Crippen LogP contribution in [0.15, 0.2) is 52.3 Å². The van der Waals surface area contributed by atoms with Crippen molar-refractivity contribution in [2.45, 2.75) is 29.4 Å². The van der Waals surface area contributed by atoms with E-state index in [2.05, 4.69) is 5.32 Å². The Morgan fingerprint density at radius 3 is 2.38 bits per heavy atom. The summed E-state index contributed by atoms with van der Waals surface area (Å²) in [6, 6.07) is 11.9. The first-order valence-corrected chi connectivity index (χ1v) is 7.31. The molecular formula is C16H16F3NS. The predicted octanol–water partition coefficient (Wildman–Crippen LogP) is 4.88. The second-order valence-electron chi connectivity index (χ2n) is 4.73. The SMILES string of the molecule is CNCc1ccc(Sc2ccccc2C)c(C(F)(F)F)c1. The van der Waals surface area contributed by atoms with Crippen molar-refractivity contribution in [3.63, 3.8) is 0 Å². The van der Waals surface area contributed by atoms with E-state index in [4.69, 9.17) is 0 Å². The molecule has 2 aromatic carbocycles. The van der Waals surface area contributed by atoms with Gasteiger partial charge in [0, 0.05) is 16.3 Å². The van der Waals surface area contributed by atoms with E-state index >= 15 is 0 Å². The van der Waals surface area contributed by atoms with Crippen molar-refractivity contribution in [2.24, 2.45) is 0 Å². The number of rotatable bonds is 4. The van der Waals surface area contributed by atoms with Crippen LogP contribution in [0.4, 0.5) is 13.2 Å². The summed E-state index contributed by atoms with van der Waals surface area (Å²) in [5, 5.41) is 2.87. The summed E-state index contributed by atoms with van der Waals surface area (Å²) in [4.78, 5) is 1.07. The van der Waals surface area contributed by atoms with Gasteiger partial charge in [0.25, 0.3) is 0 Å². The zero-order valence-corrected chi connectivity index (χ0v) is 12.6. The summed E-state index contributed by atoms with van der Waals surface area (Å²) in [7, 11) is 1.71. The lowest BCUT2D eigenvalue weighted by molar-refractivity contribution is -0.139. The maximum atomic E-state index is 13.2. The van der Waals surface area contributed by atoms with Gasteiger partial charge in [-0.1, -0.05) is 36.0 Å². The number of hydrogen-bond donors (Lipinski definition) is 1. The molecule has 112 valence electrons. The normalized spacial score (nSPS) is 11.7. The average Bonchev–Trinajstić information content (AvgIpc) is 2.42. The third kappa shape index (κ3) is 4.02. The quantitative estimate of drug-likeness (QED) is 0.863. The molecule has 5 heteroatoms. The molecule has 2 rings (SSSR count). The van der Waals surface area contributed by atoms with Gasteiger partial charge in [0.2, 0.25) is 0 Å². The van der Waals surface area contributed by atoms with E-state index in [-0.39, 0.29) is 4.90 Å². The highest BCUT2D eigenvalue weighted by atomic mass is 32.2. The first-order chi connectivity index (χ1) is 9.91. The molecule has 0 aromatic heterocycles. The van der Waals surface area contributed by atoms with Crippen LogP contribution in [0.25, 0.3) is 0 Å². The molecule has 0 bridgehead atoms. The van der Waals surface area contributed by atoms with Crippen LogP contribution in [-0.4, -0.2) is 7.05 Å². The molecular weight excluding hydrogens is 295 g/mol. The summed E-state index contributed by atoms with van der Waals surface area (Å²) in [5.41, 5.74) is 1.01. The summed E-state index contributed by atoms with van der Waals surface area (Å²) in [6.45, 7) is 2.31. The van der Waals surface area contributed by atoms with Crippen molar-refractivity contribution < 1.29 is 13.2 Å². The molecule has 0 aliphatic heterocycles. The molecule has 0 spiro atoms. The molecule has 0 aliphatic rings. The number of alkyl halides is 3. The minimum Gasteiger partial charge on any atom is -0.316 e. The van der Waals surface area contributed by atoms with Crippen LogP contribution in [0.2, 0.25) is 0 Å². The zero-order chi connectivity index (χ0) is 15.5. The summed E-state index contributed by atoms with van der Waals surface area (Å²) in [5.74, 6) is 0. The Bertz CT molecular complexity index is 623. The van der Waals surface area contributed by atoms with E-state index < -0.39 is 11.7 Å². The molecule has 0 radical (unpaired) electrons. The second-order valence-corrected chi connectivity index (χ2v) is 5.81. The molecule has 2 aromatic rings. The van der Waals surface area contributed by atoms with E-state index in [9.17, 15) is 13.2 Å². The molecule has 0 amide bonds. The number of halogens is 3. The van der Waals surface area contributed by atoms with Gasteiger partial charge in [-0.25, -0.2) is 0 Å². The average molecular weight is 311 g/mol. The maximum Gasteiger partial charge on any atom is 0.417 e. The topological polar surface area (TPSA) is 12.0 Å². The van der Waals surface area contributed by atoms with Crippen molar-refractivity contribution in [1.29, 1.82) is 0 Å². The van der Waals surface area contributed by atoms with E-state index in [1.54, 1.807) is 19.2 Å². The van der Waals surface area contributed by atoms with Crippen molar-refractivity contribution in [2.75, 3.05) is 7.05 Å². The highest BCUT2D eigenvalue weighted by Crippen LogP contribution is 2.40. The van der Waals surface area contributed by atoms with Crippen LogP contribution in [-0.2, 0) is 12.7 Å². The van der Waals surface area contributed by atoms with Crippen LogP contribution in [0.3, 0.4) is 0 Å². The van der Waals surface area contributed by atoms with Crippen molar-refractivity contribution >= 4 is 11.8 Å². The molecule has 0 aliphatic carbocycles. The molecule has 0 saturated carbocycles. The van der Waals surface area contributed by atoms with E-state index in [0.717, 1.165) is 22.2 Å². The minimum atomic E-state index is -4.35.